The highest BCUT2D eigenvalue weighted by Gasteiger charge is 2.18. The van der Waals surface area contributed by atoms with Gasteiger partial charge in [-0.1, -0.05) is 0 Å². The Bertz CT molecular complexity index is 363. The van der Waals surface area contributed by atoms with Gasteiger partial charge < -0.3 is 4.74 Å². The van der Waals surface area contributed by atoms with Crippen molar-refractivity contribution in [3.05, 3.63) is 16.1 Å². The van der Waals surface area contributed by atoms with Crippen molar-refractivity contribution in [2.75, 3.05) is 13.2 Å². The fraction of sp³-hybridized carbons (Fsp3) is 0.667. The lowest BCUT2D eigenvalue weighted by molar-refractivity contribution is 0.0846. The predicted molar refractivity (Wildman–Crippen MR) is 63.5 cm³/mol. The lowest BCUT2D eigenvalue weighted by atomic mass is 9.97. The minimum absolute atomic E-state index is 0.592. The molecule has 16 heavy (non-hydrogen) atoms. The number of hydrogen-bond donors (Lipinski definition) is 0. The Balaban J connectivity index is 1.88. The molecule has 0 aromatic carbocycles. The minimum atomic E-state index is 0.592. The Morgan fingerprint density at radius 2 is 2.31 bits per heavy atom. The fourth-order valence-electron chi connectivity index (χ4n) is 1.94. The smallest absolute Gasteiger partial charge is 0.0928 e. The molecule has 1 aliphatic rings. The maximum atomic E-state index is 8.47. The van der Waals surface area contributed by atoms with Crippen LogP contribution >= 0.6 is 11.3 Å². The van der Waals surface area contributed by atoms with E-state index in [1.165, 1.54) is 10.7 Å². The van der Waals surface area contributed by atoms with Crippen molar-refractivity contribution in [3.63, 3.8) is 0 Å². The maximum absolute atomic E-state index is 8.47. The zero-order chi connectivity index (χ0) is 11.2. The average molecular weight is 236 g/mol. The maximum Gasteiger partial charge on any atom is 0.0928 e. The monoisotopic (exact) mass is 236 g/mol. The molecule has 0 N–H and O–H groups in total. The van der Waals surface area contributed by atoms with E-state index in [9.17, 15) is 0 Å². The number of unbranched alkanes of at least 4 members (excludes halogenated alkanes) is 1. The van der Waals surface area contributed by atoms with Gasteiger partial charge >= 0.3 is 0 Å². The highest BCUT2D eigenvalue weighted by Crippen LogP contribution is 2.28. The van der Waals surface area contributed by atoms with Gasteiger partial charge in [0.2, 0.25) is 0 Å². The summed E-state index contributed by atoms with van der Waals surface area (Å²) in [7, 11) is 0. The molecule has 0 unspecified atom stereocenters. The fourth-order valence-corrected chi connectivity index (χ4v) is 2.86. The van der Waals surface area contributed by atoms with Crippen LogP contribution in [-0.2, 0) is 11.2 Å². The van der Waals surface area contributed by atoms with Crippen molar-refractivity contribution in [3.8, 4) is 6.07 Å². The van der Waals surface area contributed by atoms with Gasteiger partial charge in [-0.3, -0.25) is 0 Å². The van der Waals surface area contributed by atoms with E-state index in [1.54, 1.807) is 11.3 Å². The molecule has 0 spiro atoms. The Morgan fingerprint density at radius 3 is 3.06 bits per heavy atom. The summed E-state index contributed by atoms with van der Waals surface area (Å²) in [6.45, 7) is 1.73. The number of aromatic nitrogens is 1. The topological polar surface area (TPSA) is 45.9 Å². The quantitative estimate of drug-likeness (QED) is 0.755. The van der Waals surface area contributed by atoms with Crippen molar-refractivity contribution in [2.24, 2.45) is 0 Å². The van der Waals surface area contributed by atoms with Crippen molar-refractivity contribution < 1.29 is 4.74 Å². The molecule has 0 saturated carbocycles. The first-order valence-corrected chi connectivity index (χ1v) is 6.67. The standard InChI is InChI=1S/C12H16N2OS/c13-6-2-1-3-12-14-11(9-16-12)10-4-7-15-8-5-10/h9-10H,1-5,7-8H2. The summed E-state index contributed by atoms with van der Waals surface area (Å²) >= 11 is 1.73. The Hall–Kier alpha value is -0.920. The molecular formula is C12H16N2OS. The van der Waals surface area contributed by atoms with Gasteiger partial charge in [0.1, 0.15) is 0 Å². The van der Waals surface area contributed by atoms with Gasteiger partial charge in [0.25, 0.3) is 0 Å². The van der Waals surface area contributed by atoms with E-state index in [4.69, 9.17) is 10.00 Å². The molecule has 0 aliphatic carbocycles. The molecule has 0 amide bonds. The molecule has 86 valence electrons. The second-order valence-electron chi connectivity index (χ2n) is 4.06. The van der Waals surface area contributed by atoms with Crippen LogP contribution in [0.4, 0.5) is 0 Å². The summed E-state index contributed by atoms with van der Waals surface area (Å²) in [4.78, 5) is 4.66. The third kappa shape index (κ3) is 3.03. The lowest BCUT2D eigenvalue weighted by Gasteiger charge is -2.19. The number of thiazole rings is 1. The van der Waals surface area contributed by atoms with Crippen molar-refractivity contribution in [1.82, 2.24) is 4.98 Å². The van der Waals surface area contributed by atoms with E-state index in [2.05, 4.69) is 16.4 Å². The van der Waals surface area contributed by atoms with Crippen LogP contribution in [0.25, 0.3) is 0 Å². The van der Waals surface area contributed by atoms with Crippen LogP contribution in [0.2, 0.25) is 0 Å². The first-order chi connectivity index (χ1) is 7.90. The highest BCUT2D eigenvalue weighted by molar-refractivity contribution is 7.09. The van der Waals surface area contributed by atoms with Crippen LogP contribution in [0.15, 0.2) is 5.38 Å². The predicted octanol–water partition coefficient (Wildman–Crippen LogP) is 2.88. The molecule has 0 bridgehead atoms. The molecule has 1 aromatic rings. The first-order valence-electron chi connectivity index (χ1n) is 5.79. The van der Waals surface area contributed by atoms with Crippen LogP contribution in [-0.4, -0.2) is 18.2 Å². The summed E-state index contributed by atoms with van der Waals surface area (Å²) in [6, 6.07) is 2.17. The number of aryl methyl sites for hydroxylation is 1. The number of nitrogens with zero attached hydrogens (tertiary/aromatic N) is 2. The van der Waals surface area contributed by atoms with Crippen LogP contribution < -0.4 is 0 Å². The van der Waals surface area contributed by atoms with Gasteiger partial charge in [0.15, 0.2) is 0 Å². The van der Waals surface area contributed by atoms with Gasteiger partial charge in [-0.05, 0) is 19.3 Å². The number of rotatable bonds is 4. The molecular weight excluding hydrogens is 220 g/mol. The third-order valence-corrected chi connectivity index (χ3v) is 3.82. The zero-order valence-electron chi connectivity index (χ0n) is 9.32. The molecule has 1 saturated heterocycles. The van der Waals surface area contributed by atoms with Crippen molar-refractivity contribution in [1.29, 1.82) is 5.26 Å². The summed E-state index contributed by atoms with van der Waals surface area (Å²) in [6.07, 6.45) is 4.70. The normalized spacial score (nSPS) is 17.2. The van der Waals surface area contributed by atoms with E-state index in [-0.39, 0.29) is 0 Å². The largest absolute Gasteiger partial charge is 0.381 e. The minimum Gasteiger partial charge on any atom is -0.381 e. The summed E-state index contributed by atoms with van der Waals surface area (Å²) in [5.74, 6) is 0.592. The van der Waals surface area contributed by atoms with Crippen LogP contribution in [0.5, 0.6) is 0 Å². The second kappa shape index (κ2) is 5.97. The first kappa shape index (κ1) is 11.6. The molecule has 3 nitrogen and oxygen atoms in total. The number of ether oxygens (including phenoxy) is 1. The molecule has 2 rings (SSSR count). The van der Waals surface area contributed by atoms with Gasteiger partial charge in [-0.25, -0.2) is 4.98 Å². The van der Waals surface area contributed by atoms with Crippen molar-refractivity contribution in [2.45, 2.75) is 38.0 Å². The average Bonchev–Trinajstić information content (AvgIpc) is 2.79. The molecule has 1 aromatic heterocycles. The van der Waals surface area contributed by atoms with Crippen molar-refractivity contribution >= 4 is 11.3 Å². The highest BCUT2D eigenvalue weighted by atomic mass is 32.1. The van der Waals surface area contributed by atoms with Gasteiger partial charge in [-0.15, -0.1) is 11.3 Å². The SMILES string of the molecule is N#CCCCc1nc(C2CCOCC2)cs1. The summed E-state index contributed by atoms with van der Waals surface area (Å²) in [5, 5.41) is 11.8. The van der Waals surface area contributed by atoms with Crippen LogP contribution in [0.1, 0.15) is 42.3 Å². The van der Waals surface area contributed by atoms with Crippen LogP contribution in [0.3, 0.4) is 0 Å². The Kier molecular flexibility index (Phi) is 4.32. The van der Waals surface area contributed by atoms with Gasteiger partial charge in [0.05, 0.1) is 16.8 Å². The summed E-state index contributed by atoms with van der Waals surface area (Å²) < 4.78 is 5.35. The second-order valence-corrected chi connectivity index (χ2v) is 5.01. The molecule has 0 atom stereocenters. The molecule has 1 fully saturated rings. The molecule has 4 heteroatoms. The Labute approximate surface area is 100 Å². The van der Waals surface area contributed by atoms with E-state index in [1.807, 2.05) is 0 Å². The molecule has 2 heterocycles. The lowest BCUT2D eigenvalue weighted by Crippen LogP contribution is -2.14. The number of hydrogen-bond acceptors (Lipinski definition) is 4. The van der Waals surface area contributed by atoms with E-state index in [0.717, 1.165) is 38.9 Å². The van der Waals surface area contributed by atoms with E-state index >= 15 is 0 Å². The Morgan fingerprint density at radius 1 is 1.50 bits per heavy atom. The van der Waals surface area contributed by atoms with Crippen LogP contribution in [0, 0.1) is 11.3 Å². The third-order valence-electron chi connectivity index (χ3n) is 2.89. The number of nitriles is 1. The molecule has 0 radical (unpaired) electrons. The van der Waals surface area contributed by atoms with E-state index < -0.39 is 0 Å². The molecule has 1 aliphatic heterocycles. The zero-order valence-corrected chi connectivity index (χ0v) is 10.1. The summed E-state index contributed by atoms with van der Waals surface area (Å²) in [5.41, 5.74) is 1.24. The van der Waals surface area contributed by atoms with Gasteiger partial charge in [-0.2, -0.15) is 5.26 Å². The van der Waals surface area contributed by atoms with Gasteiger partial charge in [0, 0.05) is 37.4 Å². The van der Waals surface area contributed by atoms with E-state index in [0.29, 0.717) is 12.3 Å².